The summed E-state index contributed by atoms with van der Waals surface area (Å²) >= 11 is 0. The van der Waals surface area contributed by atoms with Gasteiger partial charge >= 0.3 is 0 Å². The van der Waals surface area contributed by atoms with Gasteiger partial charge in [0.05, 0.1) is 17.9 Å². The molecule has 7 heteroatoms. The molecule has 0 saturated carbocycles. The van der Waals surface area contributed by atoms with Crippen LogP contribution in [0.5, 0.6) is 0 Å². The molecule has 0 aliphatic carbocycles. The Bertz CT molecular complexity index is 914. The number of amides is 1. The standard InChI is InChI=1S/C42H79NO5S/c1-3-5-7-9-11-13-15-17-19-20-21-22-23-24-25-27-29-31-33-35-37-41(44)40(39-49(46,47)48)43-42(45)38-36-34-32-30-28-26-18-16-14-12-10-8-6-4-2/h10,12,16,18,35,37,40-41,44H,3-9,11,13-15,17,19-34,36,38-39H2,1-2H3,(H,43,45)(H,46,47,48)/b12-10-,18-16-,37-35+. The Kier molecular flexibility index (Phi) is 35.3. The van der Waals surface area contributed by atoms with Crippen LogP contribution < -0.4 is 5.32 Å². The van der Waals surface area contributed by atoms with Gasteiger partial charge in [-0.1, -0.05) is 192 Å². The average molecular weight is 710 g/mol. The third kappa shape index (κ3) is 37.6. The number of carbonyl (C=O) groups is 1. The third-order valence-corrected chi connectivity index (χ3v) is 10.1. The van der Waals surface area contributed by atoms with Crippen molar-refractivity contribution in [2.45, 2.75) is 219 Å². The summed E-state index contributed by atoms with van der Waals surface area (Å²) in [5.41, 5.74) is 0. The van der Waals surface area contributed by atoms with Crippen molar-refractivity contribution in [2.24, 2.45) is 0 Å². The van der Waals surface area contributed by atoms with Gasteiger partial charge in [-0.05, 0) is 44.9 Å². The van der Waals surface area contributed by atoms with Gasteiger partial charge in [-0.3, -0.25) is 9.35 Å². The highest BCUT2D eigenvalue weighted by Crippen LogP contribution is 2.15. The van der Waals surface area contributed by atoms with Crippen LogP contribution in [-0.2, 0) is 14.9 Å². The van der Waals surface area contributed by atoms with Gasteiger partial charge in [-0.15, -0.1) is 0 Å². The highest BCUT2D eigenvalue weighted by atomic mass is 32.2. The molecular formula is C42H79NO5S. The lowest BCUT2D eigenvalue weighted by Crippen LogP contribution is -2.46. The monoisotopic (exact) mass is 710 g/mol. The van der Waals surface area contributed by atoms with Crippen molar-refractivity contribution in [3.63, 3.8) is 0 Å². The van der Waals surface area contributed by atoms with Crippen LogP contribution in [0.25, 0.3) is 0 Å². The van der Waals surface area contributed by atoms with E-state index in [2.05, 4.69) is 43.5 Å². The van der Waals surface area contributed by atoms with Gasteiger partial charge in [0, 0.05) is 6.42 Å². The molecule has 0 saturated heterocycles. The number of aliphatic hydroxyl groups is 1. The summed E-state index contributed by atoms with van der Waals surface area (Å²) in [6.07, 6.45) is 47.0. The van der Waals surface area contributed by atoms with Crippen molar-refractivity contribution in [3.05, 3.63) is 36.5 Å². The van der Waals surface area contributed by atoms with E-state index in [-0.39, 0.29) is 12.3 Å². The molecule has 6 nitrogen and oxygen atoms in total. The summed E-state index contributed by atoms with van der Waals surface area (Å²) in [4.78, 5) is 12.5. The maximum absolute atomic E-state index is 12.5. The Morgan fingerprint density at radius 1 is 0.551 bits per heavy atom. The first kappa shape index (κ1) is 47.6. The van der Waals surface area contributed by atoms with Crippen LogP contribution in [-0.4, -0.2) is 41.9 Å². The molecular weight excluding hydrogens is 631 g/mol. The van der Waals surface area contributed by atoms with Crippen LogP contribution in [0, 0.1) is 0 Å². The number of rotatable bonds is 37. The van der Waals surface area contributed by atoms with Crippen molar-refractivity contribution in [2.75, 3.05) is 5.75 Å². The predicted octanol–water partition coefficient (Wildman–Crippen LogP) is 12.1. The predicted molar refractivity (Wildman–Crippen MR) is 212 cm³/mol. The molecule has 2 unspecified atom stereocenters. The minimum absolute atomic E-state index is 0.280. The molecule has 2 atom stereocenters. The van der Waals surface area contributed by atoms with Crippen LogP contribution in [0.4, 0.5) is 0 Å². The van der Waals surface area contributed by atoms with E-state index in [0.29, 0.717) is 6.42 Å². The van der Waals surface area contributed by atoms with Crippen molar-refractivity contribution < 1.29 is 22.9 Å². The third-order valence-electron chi connectivity index (χ3n) is 9.31. The average Bonchev–Trinajstić information content (AvgIpc) is 3.06. The highest BCUT2D eigenvalue weighted by Gasteiger charge is 2.24. The summed E-state index contributed by atoms with van der Waals surface area (Å²) in [7, 11) is -4.35. The number of nitrogens with one attached hydrogen (secondary N) is 1. The van der Waals surface area contributed by atoms with E-state index >= 15 is 0 Å². The molecule has 0 bridgehead atoms. The lowest BCUT2D eigenvalue weighted by molar-refractivity contribution is -0.122. The first-order valence-corrected chi connectivity index (χ1v) is 22.3. The molecule has 0 aliphatic rings. The van der Waals surface area contributed by atoms with Crippen LogP contribution in [0.2, 0.25) is 0 Å². The normalized spacial score (nSPS) is 13.6. The zero-order valence-corrected chi connectivity index (χ0v) is 32.9. The lowest BCUT2D eigenvalue weighted by atomic mass is 10.0. The van der Waals surface area contributed by atoms with Crippen molar-refractivity contribution >= 4 is 16.0 Å². The van der Waals surface area contributed by atoms with E-state index in [1.807, 2.05) is 6.08 Å². The van der Waals surface area contributed by atoms with Gasteiger partial charge in [0.2, 0.25) is 5.91 Å². The second-order valence-electron chi connectivity index (χ2n) is 14.3. The second-order valence-corrected chi connectivity index (χ2v) is 15.8. The molecule has 0 aromatic rings. The van der Waals surface area contributed by atoms with Crippen LogP contribution in [0.1, 0.15) is 206 Å². The molecule has 288 valence electrons. The summed E-state index contributed by atoms with van der Waals surface area (Å²) in [6.45, 7) is 4.48. The fraction of sp³-hybridized carbons (Fsp3) is 0.833. The number of unbranched alkanes of at least 4 members (excludes halogenated alkanes) is 25. The summed E-state index contributed by atoms with van der Waals surface area (Å²) in [6, 6.07) is -1.06. The van der Waals surface area contributed by atoms with Gasteiger partial charge in [0.25, 0.3) is 10.1 Å². The van der Waals surface area contributed by atoms with E-state index in [1.165, 1.54) is 122 Å². The van der Waals surface area contributed by atoms with Crippen LogP contribution in [0.3, 0.4) is 0 Å². The molecule has 0 aliphatic heterocycles. The highest BCUT2D eigenvalue weighted by molar-refractivity contribution is 7.85. The van der Waals surface area contributed by atoms with Crippen LogP contribution in [0.15, 0.2) is 36.5 Å². The molecule has 0 spiro atoms. The topological polar surface area (TPSA) is 104 Å². The number of aliphatic hydroxyl groups excluding tert-OH is 1. The largest absolute Gasteiger partial charge is 0.387 e. The maximum atomic E-state index is 12.5. The van der Waals surface area contributed by atoms with E-state index in [0.717, 1.165) is 57.8 Å². The molecule has 0 rings (SSSR count). The summed E-state index contributed by atoms with van der Waals surface area (Å²) < 4.78 is 32.5. The number of carbonyl (C=O) groups excluding carboxylic acids is 1. The Morgan fingerprint density at radius 3 is 1.39 bits per heavy atom. The van der Waals surface area contributed by atoms with Gasteiger partial charge < -0.3 is 10.4 Å². The fourth-order valence-corrected chi connectivity index (χ4v) is 6.91. The maximum Gasteiger partial charge on any atom is 0.267 e. The van der Waals surface area contributed by atoms with E-state index in [4.69, 9.17) is 0 Å². The Morgan fingerprint density at radius 2 is 0.939 bits per heavy atom. The van der Waals surface area contributed by atoms with Gasteiger partial charge in [0.1, 0.15) is 0 Å². The van der Waals surface area contributed by atoms with Gasteiger partial charge in [0.15, 0.2) is 0 Å². The Balaban J connectivity index is 3.91. The second kappa shape index (κ2) is 36.4. The molecule has 0 aromatic carbocycles. The van der Waals surface area contributed by atoms with Gasteiger partial charge in [-0.2, -0.15) is 8.42 Å². The van der Waals surface area contributed by atoms with E-state index in [9.17, 15) is 22.9 Å². The molecule has 0 aromatic heterocycles. The minimum Gasteiger partial charge on any atom is -0.387 e. The molecule has 0 radical (unpaired) electrons. The number of hydrogen-bond donors (Lipinski definition) is 3. The SMILES string of the molecule is CCCC/C=C\C/C=C\CCCCCCCC(=O)NC(CS(=O)(=O)O)C(O)/C=C/CCCCCCCCCCCCCCCCCCCC. The molecule has 0 fully saturated rings. The fourth-order valence-electron chi connectivity index (χ4n) is 6.17. The molecule has 49 heavy (non-hydrogen) atoms. The molecule has 3 N–H and O–H groups in total. The summed E-state index contributed by atoms with van der Waals surface area (Å²) in [5.74, 6) is -0.995. The first-order valence-electron chi connectivity index (χ1n) is 20.7. The van der Waals surface area contributed by atoms with Gasteiger partial charge in [-0.25, -0.2) is 0 Å². The van der Waals surface area contributed by atoms with Crippen molar-refractivity contribution in [1.29, 1.82) is 0 Å². The van der Waals surface area contributed by atoms with E-state index < -0.39 is 28.0 Å². The minimum atomic E-state index is -4.35. The molecule has 0 heterocycles. The van der Waals surface area contributed by atoms with Crippen molar-refractivity contribution in [3.8, 4) is 0 Å². The first-order chi connectivity index (χ1) is 23.8. The van der Waals surface area contributed by atoms with E-state index in [1.54, 1.807) is 6.08 Å². The number of hydrogen-bond acceptors (Lipinski definition) is 4. The zero-order chi connectivity index (χ0) is 36.1. The Labute approximate surface area is 304 Å². The zero-order valence-electron chi connectivity index (χ0n) is 32.1. The van der Waals surface area contributed by atoms with Crippen LogP contribution >= 0.6 is 0 Å². The lowest BCUT2D eigenvalue weighted by Gasteiger charge is -2.21. The number of allylic oxidation sites excluding steroid dienone is 5. The molecule has 1 amide bonds. The summed E-state index contributed by atoms with van der Waals surface area (Å²) in [5, 5.41) is 13.2. The Hall–Kier alpha value is -1.44. The quantitative estimate of drug-likeness (QED) is 0.0338. The van der Waals surface area contributed by atoms with Crippen molar-refractivity contribution in [1.82, 2.24) is 5.32 Å². The smallest absolute Gasteiger partial charge is 0.267 e.